The van der Waals surface area contributed by atoms with Crippen LogP contribution in [-0.4, -0.2) is 34.7 Å². The maximum absolute atomic E-state index is 13.0. The number of nitrogens with zero attached hydrogens (tertiary/aromatic N) is 4. The predicted molar refractivity (Wildman–Crippen MR) is 117 cm³/mol. The number of rotatable bonds is 5. The van der Waals surface area contributed by atoms with Gasteiger partial charge in [-0.1, -0.05) is 30.3 Å². The van der Waals surface area contributed by atoms with Gasteiger partial charge in [-0.2, -0.15) is 5.10 Å². The molecular weight excluding hydrogens is 456 g/mol. The Hall–Kier alpha value is -2.42. The lowest BCUT2D eigenvalue weighted by atomic mass is 10.2. The summed E-state index contributed by atoms with van der Waals surface area (Å²) in [7, 11) is 3.70. The molecule has 0 saturated heterocycles. The average molecular weight is 479 g/mol. The molecule has 7 heteroatoms. The third-order valence-corrected chi connectivity index (χ3v) is 4.01. The summed E-state index contributed by atoms with van der Waals surface area (Å²) in [5, 5.41) is 7.73. The Bertz CT molecular complexity index is 862. The van der Waals surface area contributed by atoms with E-state index in [1.54, 1.807) is 19.2 Å². The first kappa shape index (κ1) is 20.9. The van der Waals surface area contributed by atoms with Crippen LogP contribution in [0, 0.1) is 5.82 Å². The van der Waals surface area contributed by atoms with Gasteiger partial charge in [0, 0.05) is 38.9 Å². The molecular formula is C20H23FIN5. The normalized spacial score (nSPS) is 11.0. The fraction of sp³-hybridized carbons (Fsp3) is 0.200. The Balaban J connectivity index is 0.00000261. The molecule has 0 bridgehead atoms. The highest BCUT2D eigenvalue weighted by molar-refractivity contribution is 14.0. The van der Waals surface area contributed by atoms with Crippen molar-refractivity contribution in [1.29, 1.82) is 0 Å². The molecule has 0 aliphatic carbocycles. The number of guanidine groups is 1. The van der Waals surface area contributed by atoms with Gasteiger partial charge in [0.15, 0.2) is 5.96 Å². The molecule has 3 aromatic rings. The molecule has 3 rings (SSSR count). The smallest absolute Gasteiger partial charge is 0.193 e. The zero-order valence-corrected chi connectivity index (χ0v) is 17.7. The molecule has 0 spiro atoms. The lowest BCUT2D eigenvalue weighted by Crippen LogP contribution is -2.37. The maximum atomic E-state index is 13.0. The molecule has 0 saturated carbocycles. The van der Waals surface area contributed by atoms with Crippen LogP contribution in [0.4, 0.5) is 4.39 Å². The van der Waals surface area contributed by atoms with Crippen LogP contribution in [0.3, 0.4) is 0 Å². The summed E-state index contributed by atoms with van der Waals surface area (Å²) >= 11 is 0. The zero-order valence-electron chi connectivity index (χ0n) is 15.3. The monoisotopic (exact) mass is 479 g/mol. The highest BCUT2D eigenvalue weighted by Crippen LogP contribution is 2.08. The summed E-state index contributed by atoms with van der Waals surface area (Å²) in [5.74, 6) is 0.538. The van der Waals surface area contributed by atoms with Crippen LogP contribution < -0.4 is 5.32 Å². The molecule has 0 aliphatic rings. The van der Waals surface area contributed by atoms with Crippen LogP contribution in [0.15, 0.2) is 72.0 Å². The number of benzene rings is 2. The minimum absolute atomic E-state index is 0. The van der Waals surface area contributed by atoms with Crippen molar-refractivity contribution in [2.24, 2.45) is 4.99 Å². The summed E-state index contributed by atoms with van der Waals surface area (Å²) in [4.78, 5) is 6.31. The fourth-order valence-electron chi connectivity index (χ4n) is 2.68. The van der Waals surface area contributed by atoms with E-state index in [0.29, 0.717) is 13.1 Å². The molecule has 5 nitrogen and oxygen atoms in total. The van der Waals surface area contributed by atoms with E-state index in [4.69, 9.17) is 0 Å². The van der Waals surface area contributed by atoms with E-state index in [-0.39, 0.29) is 29.8 Å². The summed E-state index contributed by atoms with van der Waals surface area (Å²) in [5.41, 5.74) is 3.11. The number of nitrogens with one attached hydrogen (secondary N) is 1. The maximum Gasteiger partial charge on any atom is 0.193 e. The van der Waals surface area contributed by atoms with Crippen molar-refractivity contribution in [3.8, 4) is 5.69 Å². The van der Waals surface area contributed by atoms with Crippen LogP contribution in [-0.2, 0) is 13.1 Å². The largest absolute Gasteiger partial charge is 0.352 e. The van der Waals surface area contributed by atoms with Crippen LogP contribution >= 0.6 is 24.0 Å². The first-order valence-corrected chi connectivity index (χ1v) is 8.41. The topological polar surface area (TPSA) is 45.5 Å². The van der Waals surface area contributed by atoms with Gasteiger partial charge < -0.3 is 10.2 Å². The van der Waals surface area contributed by atoms with Crippen molar-refractivity contribution in [2.75, 3.05) is 14.1 Å². The lowest BCUT2D eigenvalue weighted by Gasteiger charge is -2.22. The standard InChI is InChI=1S/C20H22FN5.HI/c1-22-20(25(2)14-16-8-10-18(21)11-9-16)23-12-17-13-24-26(15-17)19-6-4-3-5-7-19;/h3-11,13,15H,12,14H2,1-2H3,(H,22,23);1H. The van der Waals surface area contributed by atoms with E-state index >= 15 is 0 Å². The molecule has 0 aliphatic heterocycles. The van der Waals surface area contributed by atoms with Gasteiger partial charge in [0.2, 0.25) is 0 Å². The van der Waals surface area contributed by atoms with E-state index < -0.39 is 0 Å². The third kappa shape index (κ3) is 5.78. The molecule has 0 amide bonds. The number of hydrogen-bond acceptors (Lipinski definition) is 2. The molecule has 0 radical (unpaired) electrons. The summed E-state index contributed by atoms with van der Waals surface area (Å²) in [6, 6.07) is 16.5. The summed E-state index contributed by atoms with van der Waals surface area (Å²) in [6.45, 7) is 1.26. The minimum atomic E-state index is -0.227. The number of para-hydroxylation sites is 1. The van der Waals surface area contributed by atoms with Crippen molar-refractivity contribution in [2.45, 2.75) is 13.1 Å². The Morgan fingerprint density at radius 3 is 2.48 bits per heavy atom. The Kier molecular flexibility index (Phi) is 7.78. The second-order valence-electron chi connectivity index (χ2n) is 6.01. The van der Waals surface area contributed by atoms with E-state index in [1.807, 2.05) is 59.4 Å². The molecule has 27 heavy (non-hydrogen) atoms. The van der Waals surface area contributed by atoms with Crippen molar-refractivity contribution in [3.05, 3.63) is 83.9 Å². The first-order valence-electron chi connectivity index (χ1n) is 8.41. The van der Waals surface area contributed by atoms with Gasteiger partial charge in [-0.05, 0) is 29.8 Å². The third-order valence-electron chi connectivity index (χ3n) is 4.01. The number of hydrogen-bond donors (Lipinski definition) is 1. The number of halogens is 2. The van der Waals surface area contributed by atoms with Crippen LogP contribution in [0.25, 0.3) is 5.69 Å². The zero-order chi connectivity index (χ0) is 18.4. The molecule has 2 aromatic carbocycles. The molecule has 1 aromatic heterocycles. The molecule has 0 atom stereocenters. The second kappa shape index (κ2) is 10.1. The van der Waals surface area contributed by atoms with Crippen LogP contribution in [0.1, 0.15) is 11.1 Å². The van der Waals surface area contributed by atoms with E-state index in [0.717, 1.165) is 22.8 Å². The molecule has 1 N–H and O–H groups in total. The van der Waals surface area contributed by atoms with Crippen LogP contribution in [0.5, 0.6) is 0 Å². The SMILES string of the molecule is CN=C(NCc1cnn(-c2ccccc2)c1)N(C)Cc1ccc(F)cc1.I. The number of aliphatic imine (C=N–C) groups is 1. The van der Waals surface area contributed by atoms with Crippen LogP contribution in [0.2, 0.25) is 0 Å². The van der Waals surface area contributed by atoms with E-state index in [2.05, 4.69) is 15.4 Å². The summed E-state index contributed by atoms with van der Waals surface area (Å²) in [6.07, 6.45) is 3.84. The van der Waals surface area contributed by atoms with Crippen molar-refractivity contribution in [1.82, 2.24) is 20.0 Å². The summed E-state index contributed by atoms with van der Waals surface area (Å²) < 4.78 is 14.9. The number of aromatic nitrogens is 2. The van der Waals surface area contributed by atoms with Gasteiger partial charge in [0.05, 0.1) is 11.9 Å². The molecule has 0 fully saturated rings. The van der Waals surface area contributed by atoms with Gasteiger partial charge in [0.25, 0.3) is 0 Å². The second-order valence-corrected chi connectivity index (χ2v) is 6.01. The highest BCUT2D eigenvalue weighted by Gasteiger charge is 2.08. The minimum Gasteiger partial charge on any atom is -0.352 e. The van der Waals surface area contributed by atoms with Gasteiger partial charge in [-0.3, -0.25) is 4.99 Å². The van der Waals surface area contributed by atoms with Gasteiger partial charge in [-0.15, -0.1) is 24.0 Å². The Labute approximate surface area is 175 Å². The molecule has 1 heterocycles. The first-order chi connectivity index (χ1) is 12.7. The highest BCUT2D eigenvalue weighted by atomic mass is 127. The Morgan fingerprint density at radius 2 is 1.81 bits per heavy atom. The van der Waals surface area contributed by atoms with Crippen molar-refractivity contribution >= 4 is 29.9 Å². The predicted octanol–water partition coefficient (Wildman–Crippen LogP) is 3.84. The van der Waals surface area contributed by atoms with Gasteiger partial charge in [0.1, 0.15) is 5.82 Å². The van der Waals surface area contributed by atoms with Crippen molar-refractivity contribution < 1.29 is 4.39 Å². The fourth-order valence-corrected chi connectivity index (χ4v) is 2.68. The van der Waals surface area contributed by atoms with Gasteiger partial charge in [-0.25, -0.2) is 9.07 Å². The molecule has 142 valence electrons. The Morgan fingerprint density at radius 1 is 1.11 bits per heavy atom. The van der Waals surface area contributed by atoms with E-state index in [1.165, 1.54) is 12.1 Å². The average Bonchev–Trinajstić information content (AvgIpc) is 3.14. The van der Waals surface area contributed by atoms with Crippen molar-refractivity contribution in [3.63, 3.8) is 0 Å². The molecule has 0 unspecified atom stereocenters. The lowest BCUT2D eigenvalue weighted by molar-refractivity contribution is 0.476. The quantitative estimate of drug-likeness (QED) is 0.344. The van der Waals surface area contributed by atoms with Gasteiger partial charge >= 0.3 is 0 Å². The van der Waals surface area contributed by atoms with E-state index in [9.17, 15) is 4.39 Å².